The molecule has 0 atom stereocenters. The lowest BCUT2D eigenvalue weighted by atomic mass is 10.1. The lowest BCUT2D eigenvalue weighted by Gasteiger charge is -2.14. The van der Waals surface area contributed by atoms with E-state index in [0.29, 0.717) is 10.7 Å². The summed E-state index contributed by atoms with van der Waals surface area (Å²) in [4.78, 5) is 42.4. The van der Waals surface area contributed by atoms with Gasteiger partial charge in [0.05, 0.1) is 11.4 Å². The minimum absolute atomic E-state index is 0.0741. The number of amides is 1. The van der Waals surface area contributed by atoms with E-state index in [4.69, 9.17) is 11.6 Å². The average Bonchev–Trinajstić information content (AvgIpc) is 2.82. The molecule has 0 aliphatic rings. The second-order valence-corrected chi connectivity index (χ2v) is 9.00. The van der Waals surface area contributed by atoms with Crippen molar-refractivity contribution in [2.75, 3.05) is 11.1 Å². The number of hydrogen-bond donors (Lipinski definition) is 2. The monoisotopic (exact) mass is 500 g/mol. The number of aromatic hydroxyl groups is 1. The normalized spacial score (nSPS) is 11.5. The molecular formula is C24H25ClN4O4S. The van der Waals surface area contributed by atoms with E-state index in [1.165, 1.54) is 14.1 Å². The summed E-state index contributed by atoms with van der Waals surface area (Å²) in [6.45, 7) is 3.93. The highest BCUT2D eigenvalue weighted by atomic mass is 35.5. The van der Waals surface area contributed by atoms with Gasteiger partial charge in [-0.2, -0.15) is 0 Å². The quantitative estimate of drug-likeness (QED) is 0.396. The van der Waals surface area contributed by atoms with Crippen molar-refractivity contribution >= 4 is 45.7 Å². The minimum Gasteiger partial charge on any atom is -0.494 e. The molecule has 0 fully saturated rings. The Balaban J connectivity index is 1.99. The van der Waals surface area contributed by atoms with Crippen LogP contribution in [0, 0.1) is 6.92 Å². The van der Waals surface area contributed by atoms with Crippen LogP contribution in [0.1, 0.15) is 23.6 Å². The Morgan fingerprint density at radius 2 is 1.79 bits per heavy atom. The number of thioether (sulfide) groups is 1. The first-order chi connectivity index (χ1) is 16.1. The molecule has 3 rings (SSSR count). The van der Waals surface area contributed by atoms with E-state index >= 15 is 0 Å². The van der Waals surface area contributed by atoms with Gasteiger partial charge >= 0.3 is 5.69 Å². The molecule has 0 saturated heterocycles. The van der Waals surface area contributed by atoms with Gasteiger partial charge in [-0.05, 0) is 48.7 Å². The molecule has 1 aromatic heterocycles. The van der Waals surface area contributed by atoms with Crippen LogP contribution in [0.5, 0.6) is 5.88 Å². The van der Waals surface area contributed by atoms with E-state index in [2.05, 4.69) is 10.3 Å². The molecule has 3 aromatic rings. The molecule has 178 valence electrons. The number of aryl methyl sites for hydroxylation is 2. The standard InChI is InChI=1S/C24H25ClN4O4S/c1-5-15-8-6-7-14(2)20(15)27-18(30)13-34-21(26-17-11-9-16(25)10-12-17)19-22(31)28(3)24(33)29(4)23(19)32/h6-12,31H,5,13H2,1-4H3,(H,27,30). The lowest BCUT2D eigenvalue weighted by molar-refractivity contribution is -0.113. The van der Waals surface area contributed by atoms with Gasteiger partial charge in [-0.1, -0.05) is 48.5 Å². The number of rotatable bonds is 6. The zero-order valence-electron chi connectivity index (χ0n) is 19.3. The zero-order chi connectivity index (χ0) is 25.0. The van der Waals surface area contributed by atoms with Gasteiger partial charge in [0, 0.05) is 24.8 Å². The molecular weight excluding hydrogens is 476 g/mol. The summed E-state index contributed by atoms with van der Waals surface area (Å²) in [5.74, 6) is -0.894. The molecule has 0 bridgehead atoms. The highest BCUT2D eigenvalue weighted by molar-refractivity contribution is 8.15. The van der Waals surface area contributed by atoms with Crippen molar-refractivity contribution in [2.24, 2.45) is 19.1 Å². The maximum atomic E-state index is 12.9. The Hall–Kier alpha value is -3.30. The maximum Gasteiger partial charge on any atom is 0.333 e. The predicted molar refractivity (Wildman–Crippen MR) is 138 cm³/mol. The topological polar surface area (TPSA) is 106 Å². The Morgan fingerprint density at radius 3 is 2.44 bits per heavy atom. The number of halogens is 1. The van der Waals surface area contributed by atoms with Crippen LogP contribution < -0.4 is 16.6 Å². The van der Waals surface area contributed by atoms with E-state index in [9.17, 15) is 19.5 Å². The smallest absolute Gasteiger partial charge is 0.333 e. The van der Waals surface area contributed by atoms with Gasteiger partial charge in [0.1, 0.15) is 10.6 Å². The third kappa shape index (κ3) is 5.43. The SMILES string of the molecule is CCc1cccc(C)c1NC(=O)CSC(=Nc1ccc(Cl)cc1)c1c(O)n(C)c(=O)n(C)c1=O. The van der Waals surface area contributed by atoms with E-state index in [0.717, 1.165) is 44.1 Å². The fourth-order valence-corrected chi connectivity index (χ4v) is 4.28. The summed E-state index contributed by atoms with van der Waals surface area (Å²) in [5, 5.41) is 14.2. The number of aromatic nitrogens is 2. The molecule has 34 heavy (non-hydrogen) atoms. The first-order valence-corrected chi connectivity index (χ1v) is 11.8. The first kappa shape index (κ1) is 25.3. The zero-order valence-corrected chi connectivity index (χ0v) is 20.8. The van der Waals surface area contributed by atoms with E-state index < -0.39 is 17.1 Å². The van der Waals surface area contributed by atoms with Crippen molar-refractivity contribution < 1.29 is 9.90 Å². The highest BCUT2D eigenvalue weighted by Crippen LogP contribution is 2.25. The number of para-hydroxylation sites is 1. The molecule has 0 saturated carbocycles. The Bertz CT molecular complexity index is 1380. The van der Waals surface area contributed by atoms with Crippen molar-refractivity contribution in [3.05, 3.63) is 85.0 Å². The van der Waals surface area contributed by atoms with Gasteiger partial charge in [-0.3, -0.25) is 18.7 Å². The van der Waals surface area contributed by atoms with Gasteiger partial charge in [0.15, 0.2) is 0 Å². The minimum atomic E-state index is -0.714. The number of anilines is 1. The van der Waals surface area contributed by atoms with Crippen LogP contribution in [-0.4, -0.2) is 30.9 Å². The Morgan fingerprint density at radius 1 is 1.12 bits per heavy atom. The second-order valence-electron chi connectivity index (χ2n) is 7.60. The van der Waals surface area contributed by atoms with Gasteiger partial charge in [0.25, 0.3) is 5.56 Å². The van der Waals surface area contributed by atoms with E-state index in [1.54, 1.807) is 24.3 Å². The Labute approximate surface area is 205 Å². The number of benzene rings is 2. The van der Waals surface area contributed by atoms with Crippen LogP contribution in [0.3, 0.4) is 0 Å². The van der Waals surface area contributed by atoms with Gasteiger partial charge < -0.3 is 10.4 Å². The molecule has 10 heteroatoms. The molecule has 2 aromatic carbocycles. The number of nitrogens with zero attached hydrogens (tertiary/aromatic N) is 3. The van der Waals surface area contributed by atoms with Crippen LogP contribution in [0.2, 0.25) is 5.02 Å². The fourth-order valence-electron chi connectivity index (χ4n) is 3.33. The molecule has 0 spiro atoms. The molecule has 0 aliphatic heterocycles. The summed E-state index contributed by atoms with van der Waals surface area (Å²) in [6.07, 6.45) is 0.760. The maximum absolute atomic E-state index is 12.9. The van der Waals surface area contributed by atoms with Gasteiger partial charge in [0.2, 0.25) is 11.8 Å². The number of nitrogens with one attached hydrogen (secondary N) is 1. The molecule has 0 radical (unpaired) electrons. The number of aliphatic imine (C=N–C) groups is 1. The molecule has 0 unspecified atom stereocenters. The Kier molecular flexibility index (Phi) is 8.01. The molecule has 1 heterocycles. The van der Waals surface area contributed by atoms with Gasteiger partial charge in [-0.15, -0.1) is 0 Å². The van der Waals surface area contributed by atoms with Crippen LogP contribution in [0.4, 0.5) is 11.4 Å². The molecule has 0 aliphatic carbocycles. The fraction of sp³-hybridized carbons (Fsp3) is 0.250. The van der Waals surface area contributed by atoms with Crippen molar-refractivity contribution in [3.8, 4) is 5.88 Å². The summed E-state index contributed by atoms with van der Waals surface area (Å²) >= 11 is 6.94. The average molecular weight is 501 g/mol. The van der Waals surface area contributed by atoms with Crippen molar-refractivity contribution in [3.63, 3.8) is 0 Å². The highest BCUT2D eigenvalue weighted by Gasteiger charge is 2.22. The summed E-state index contributed by atoms with van der Waals surface area (Å²) in [5.41, 5.74) is 1.63. The summed E-state index contributed by atoms with van der Waals surface area (Å²) < 4.78 is 1.84. The number of hydrogen-bond acceptors (Lipinski definition) is 6. The predicted octanol–water partition coefficient (Wildman–Crippen LogP) is 3.76. The van der Waals surface area contributed by atoms with Crippen molar-refractivity contribution in [1.29, 1.82) is 0 Å². The molecule has 1 amide bonds. The first-order valence-electron chi connectivity index (χ1n) is 10.5. The largest absolute Gasteiger partial charge is 0.494 e. The van der Waals surface area contributed by atoms with E-state index in [-0.39, 0.29) is 22.3 Å². The van der Waals surface area contributed by atoms with E-state index in [1.807, 2.05) is 32.0 Å². The summed E-state index contributed by atoms with van der Waals surface area (Å²) in [6, 6.07) is 12.4. The van der Waals surface area contributed by atoms with Gasteiger partial charge in [-0.25, -0.2) is 9.79 Å². The van der Waals surface area contributed by atoms with Crippen LogP contribution in [0.25, 0.3) is 0 Å². The van der Waals surface area contributed by atoms with Crippen LogP contribution in [-0.2, 0) is 25.3 Å². The molecule has 8 nitrogen and oxygen atoms in total. The molecule has 2 N–H and O–H groups in total. The second kappa shape index (κ2) is 10.8. The third-order valence-electron chi connectivity index (χ3n) is 5.25. The van der Waals surface area contributed by atoms with Crippen LogP contribution in [0.15, 0.2) is 57.0 Å². The lowest BCUT2D eigenvalue weighted by Crippen LogP contribution is -2.39. The summed E-state index contributed by atoms with van der Waals surface area (Å²) in [7, 11) is 2.66. The van der Waals surface area contributed by atoms with Crippen molar-refractivity contribution in [1.82, 2.24) is 9.13 Å². The number of carbonyl (C=O) groups is 1. The third-order valence-corrected chi connectivity index (χ3v) is 6.48. The van der Waals surface area contributed by atoms with Crippen LogP contribution >= 0.6 is 23.4 Å². The number of carbonyl (C=O) groups excluding carboxylic acids is 1. The van der Waals surface area contributed by atoms with Crippen molar-refractivity contribution in [2.45, 2.75) is 20.3 Å².